The number of carboxylic acid groups (broad SMARTS) is 1. The molecule has 35 heavy (non-hydrogen) atoms. The fourth-order valence-electron chi connectivity index (χ4n) is 6.08. The Kier molecular flexibility index (Phi) is 5.17. The van der Waals surface area contributed by atoms with Gasteiger partial charge in [0.25, 0.3) is 0 Å². The molecule has 1 heterocycles. The Balaban J connectivity index is 1.33. The number of ether oxygens (including phenoxy) is 1. The summed E-state index contributed by atoms with van der Waals surface area (Å²) in [6.45, 7) is 2.29. The van der Waals surface area contributed by atoms with Crippen molar-refractivity contribution < 1.29 is 19.0 Å². The van der Waals surface area contributed by atoms with Crippen molar-refractivity contribution in [3.63, 3.8) is 0 Å². The van der Waals surface area contributed by atoms with Crippen LogP contribution in [0.3, 0.4) is 0 Å². The molecule has 0 radical (unpaired) electrons. The fraction of sp³-hybridized carbons (Fsp3) is 0.300. The van der Waals surface area contributed by atoms with Crippen LogP contribution in [0.1, 0.15) is 48.3 Å². The summed E-state index contributed by atoms with van der Waals surface area (Å²) in [4.78, 5) is 11.3. The van der Waals surface area contributed by atoms with Crippen LogP contribution in [-0.2, 0) is 11.4 Å². The molecule has 178 valence electrons. The van der Waals surface area contributed by atoms with Crippen molar-refractivity contribution in [1.29, 1.82) is 0 Å². The molecule has 0 unspecified atom stereocenters. The Morgan fingerprint density at radius 1 is 1.06 bits per heavy atom. The summed E-state index contributed by atoms with van der Waals surface area (Å²) < 4.78 is 22.2. The van der Waals surface area contributed by atoms with Crippen LogP contribution >= 0.6 is 0 Å². The molecule has 4 aromatic rings. The number of carbonyl (C=O) groups is 1. The van der Waals surface area contributed by atoms with Gasteiger partial charge in [0, 0.05) is 17.3 Å². The third-order valence-electron chi connectivity index (χ3n) is 7.98. The molecule has 2 saturated carbocycles. The first-order valence-corrected chi connectivity index (χ1v) is 12.2. The van der Waals surface area contributed by atoms with Crippen molar-refractivity contribution in [2.75, 3.05) is 0 Å². The van der Waals surface area contributed by atoms with Crippen molar-refractivity contribution in [1.82, 2.24) is 4.57 Å². The molecule has 2 fully saturated rings. The van der Waals surface area contributed by atoms with E-state index in [1.165, 1.54) is 11.6 Å². The Bertz CT molecular complexity index is 1410. The van der Waals surface area contributed by atoms with Gasteiger partial charge in [-0.15, -0.1) is 0 Å². The quantitative estimate of drug-likeness (QED) is 0.330. The van der Waals surface area contributed by atoms with E-state index in [-0.39, 0.29) is 17.2 Å². The van der Waals surface area contributed by atoms with E-state index in [9.17, 15) is 14.3 Å². The number of hydrogen-bond acceptors (Lipinski definition) is 2. The van der Waals surface area contributed by atoms with Crippen LogP contribution in [0.15, 0.2) is 72.9 Å². The topological polar surface area (TPSA) is 51.5 Å². The van der Waals surface area contributed by atoms with Crippen molar-refractivity contribution in [3.05, 3.63) is 95.4 Å². The number of nitrogens with zero attached hydrogens (tertiary/aromatic N) is 1. The van der Waals surface area contributed by atoms with E-state index < -0.39 is 5.97 Å². The number of benzene rings is 3. The normalized spacial score (nSPS) is 23.1. The van der Waals surface area contributed by atoms with Gasteiger partial charge < -0.3 is 14.4 Å². The second-order valence-corrected chi connectivity index (χ2v) is 10.4. The van der Waals surface area contributed by atoms with Crippen LogP contribution in [0.2, 0.25) is 0 Å². The lowest BCUT2D eigenvalue weighted by molar-refractivity contribution is -0.155. The summed E-state index contributed by atoms with van der Waals surface area (Å²) in [6.07, 6.45) is 5.81. The number of rotatable bonds is 6. The van der Waals surface area contributed by atoms with E-state index in [1.54, 1.807) is 6.92 Å². The first-order valence-electron chi connectivity index (χ1n) is 12.2. The summed E-state index contributed by atoms with van der Waals surface area (Å²) >= 11 is 0. The van der Waals surface area contributed by atoms with E-state index in [0.717, 1.165) is 53.6 Å². The summed E-state index contributed by atoms with van der Waals surface area (Å²) in [7, 11) is 0. The minimum Gasteiger partial charge on any atom is -0.489 e. The smallest absolute Gasteiger partial charge is 0.306 e. The Hall–Kier alpha value is -3.60. The number of fused-ring (bicyclic) bond motifs is 1. The molecular weight excluding hydrogens is 441 g/mol. The molecule has 1 aromatic heterocycles. The first kappa shape index (κ1) is 21.9. The van der Waals surface area contributed by atoms with Crippen LogP contribution in [0.5, 0.6) is 5.75 Å². The predicted octanol–water partition coefficient (Wildman–Crippen LogP) is 7.02. The minimum atomic E-state index is -0.664. The minimum absolute atomic E-state index is 0.183. The van der Waals surface area contributed by atoms with Crippen molar-refractivity contribution in [2.45, 2.75) is 45.1 Å². The monoisotopic (exact) mass is 469 g/mol. The van der Waals surface area contributed by atoms with E-state index in [2.05, 4.69) is 22.9 Å². The zero-order valence-electron chi connectivity index (χ0n) is 19.7. The molecule has 0 saturated heterocycles. The molecule has 5 heteroatoms. The SMILES string of the molecule is Cc1cc(-n2cc(C3CC4(CC(C(=O)O)C4)C3)c3cc(OCc4ccccc4)ccc32)ccc1F. The highest BCUT2D eigenvalue weighted by Crippen LogP contribution is 2.64. The standard InChI is InChI=1S/C30H28FNO3/c1-19-11-23(7-9-27(19)31)32-17-26(21-13-30(14-21)15-22(16-30)29(33)34)25-12-24(8-10-28(25)32)35-18-20-5-3-2-4-6-20/h2-12,17,21-22H,13-16,18H2,1H3,(H,33,34). The van der Waals surface area contributed by atoms with Crippen LogP contribution in [0.4, 0.5) is 4.39 Å². The maximum absolute atomic E-state index is 14.0. The molecule has 2 aliphatic carbocycles. The molecule has 0 amide bonds. The van der Waals surface area contributed by atoms with Gasteiger partial charge in [0.1, 0.15) is 18.2 Å². The number of carboxylic acids is 1. The number of aliphatic carboxylic acids is 1. The number of aromatic nitrogens is 1. The van der Waals surface area contributed by atoms with Gasteiger partial charge in [0.05, 0.1) is 11.4 Å². The molecular formula is C30H28FNO3. The summed E-state index contributed by atoms with van der Waals surface area (Å²) in [5.74, 6) is 0.152. The molecule has 1 N–H and O–H groups in total. The van der Waals surface area contributed by atoms with Gasteiger partial charge in [-0.1, -0.05) is 30.3 Å². The molecule has 6 rings (SSSR count). The Labute approximate surface area is 204 Å². The summed E-state index contributed by atoms with van der Waals surface area (Å²) in [5, 5.41) is 10.4. The van der Waals surface area contributed by atoms with Gasteiger partial charge in [-0.05, 0) is 97.0 Å². The molecule has 0 aliphatic heterocycles. The zero-order chi connectivity index (χ0) is 24.2. The van der Waals surface area contributed by atoms with Crippen molar-refractivity contribution in [3.8, 4) is 11.4 Å². The van der Waals surface area contributed by atoms with E-state index in [4.69, 9.17) is 4.74 Å². The molecule has 0 atom stereocenters. The van der Waals surface area contributed by atoms with Crippen LogP contribution in [0, 0.1) is 24.1 Å². The highest BCUT2D eigenvalue weighted by atomic mass is 19.1. The fourth-order valence-corrected chi connectivity index (χ4v) is 6.08. The predicted molar refractivity (Wildman–Crippen MR) is 134 cm³/mol. The summed E-state index contributed by atoms with van der Waals surface area (Å²) in [6, 6.07) is 21.5. The lowest BCUT2D eigenvalue weighted by atomic mass is 9.47. The van der Waals surface area contributed by atoms with Crippen molar-refractivity contribution in [2.24, 2.45) is 11.3 Å². The van der Waals surface area contributed by atoms with Gasteiger partial charge in [0.15, 0.2) is 0 Å². The first-order chi connectivity index (χ1) is 16.9. The Morgan fingerprint density at radius 2 is 1.83 bits per heavy atom. The second kappa shape index (κ2) is 8.26. The van der Waals surface area contributed by atoms with Gasteiger partial charge >= 0.3 is 5.97 Å². The molecule has 0 bridgehead atoms. The Morgan fingerprint density at radius 3 is 2.54 bits per heavy atom. The maximum atomic E-state index is 14.0. The van der Waals surface area contributed by atoms with Crippen molar-refractivity contribution >= 4 is 16.9 Å². The lowest BCUT2D eigenvalue weighted by Crippen LogP contribution is -2.48. The summed E-state index contributed by atoms with van der Waals surface area (Å²) in [5.41, 5.74) is 5.18. The number of hydrogen-bond donors (Lipinski definition) is 1. The number of aryl methyl sites for hydroxylation is 1. The third-order valence-corrected chi connectivity index (χ3v) is 7.98. The van der Waals surface area contributed by atoms with E-state index in [0.29, 0.717) is 18.1 Å². The molecule has 1 spiro atoms. The highest BCUT2D eigenvalue weighted by Gasteiger charge is 2.55. The van der Waals surface area contributed by atoms with Gasteiger partial charge in [-0.3, -0.25) is 4.79 Å². The molecule has 3 aromatic carbocycles. The maximum Gasteiger partial charge on any atom is 0.306 e. The largest absolute Gasteiger partial charge is 0.489 e. The molecule has 2 aliphatic rings. The lowest BCUT2D eigenvalue weighted by Gasteiger charge is -2.56. The van der Waals surface area contributed by atoms with E-state index in [1.807, 2.05) is 48.5 Å². The number of halogens is 1. The molecule has 4 nitrogen and oxygen atoms in total. The average molecular weight is 470 g/mol. The average Bonchev–Trinajstić information content (AvgIpc) is 3.17. The second-order valence-electron chi connectivity index (χ2n) is 10.4. The van der Waals surface area contributed by atoms with E-state index >= 15 is 0 Å². The van der Waals surface area contributed by atoms with Crippen LogP contribution < -0.4 is 4.74 Å². The third kappa shape index (κ3) is 3.89. The highest BCUT2D eigenvalue weighted by molar-refractivity contribution is 5.88. The van der Waals surface area contributed by atoms with Gasteiger partial charge in [-0.25, -0.2) is 4.39 Å². The van der Waals surface area contributed by atoms with Crippen LogP contribution in [0.25, 0.3) is 16.6 Å². The van der Waals surface area contributed by atoms with Gasteiger partial charge in [-0.2, -0.15) is 0 Å². The zero-order valence-corrected chi connectivity index (χ0v) is 19.7. The van der Waals surface area contributed by atoms with Gasteiger partial charge in [0.2, 0.25) is 0 Å². The van der Waals surface area contributed by atoms with Crippen LogP contribution in [-0.4, -0.2) is 15.6 Å².